The molecule has 0 aliphatic heterocycles. The summed E-state index contributed by atoms with van der Waals surface area (Å²) in [6.07, 6.45) is 1.80. The predicted octanol–water partition coefficient (Wildman–Crippen LogP) is 15.5. The van der Waals surface area contributed by atoms with Crippen molar-refractivity contribution in [3.63, 3.8) is 0 Å². The molecule has 0 amide bonds. The number of aromatic hydroxyl groups is 1. The van der Waals surface area contributed by atoms with E-state index in [-0.39, 0.29) is 37.6 Å². The van der Waals surface area contributed by atoms with Crippen LogP contribution in [-0.2, 0) is 31.9 Å². The van der Waals surface area contributed by atoms with Crippen LogP contribution in [0.5, 0.6) is 5.75 Å². The Morgan fingerprint density at radius 1 is 0.562 bits per heavy atom. The van der Waals surface area contributed by atoms with Crippen molar-refractivity contribution in [2.45, 2.75) is 59.2 Å². The number of benzene rings is 8. The molecule has 2 aromatic heterocycles. The van der Waals surface area contributed by atoms with Crippen LogP contribution in [0.25, 0.3) is 94.3 Å². The Hall–Kier alpha value is -6.61. The molecule has 0 spiro atoms. The molecule has 4 nitrogen and oxygen atoms in total. The number of hydrogen-bond acceptors (Lipinski definition) is 3. The molecular weight excluding hydrogens is 962 g/mol. The van der Waals surface area contributed by atoms with Crippen molar-refractivity contribution in [1.29, 1.82) is 0 Å². The van der Waals surface area contributed by atoms with Crippen LogP contribution in [0.1, 0.15) is 62.3 Å². The second-order valence-corrected chi connectivity index (χ2v) is 18.6. The van der Waals surface area contributed by atoms with E-state index >= 15 is 0 Å². The number of pyridine rings is 1. The Balaban J connectivity index is 0.00000562. The molecule has 8 aromatic carbocycles. The largest absolute Gasteiger partial charge is 0.507 e. The fourth-order valence-corrected chi connectivity index (χ4v) is 8.83. The Kier molecular flexibility index (Phi) is 10.1. The van der Waals surface area contributed by atoms with Gasteiger partial charge in [0.25, 0.3) is 0 Å². The standard InChI is InChI=1S/C59H50N3O.Pt/c1-37-24-26-38(27-25-37)40-30-31-60-51(35-40)42-32-41(33-44(34-42)59(5,6)7)45-22-15-23-53-55(45)61-57(54-48-20-13-11-18-46(48)47-19-12-14-21-49(47)56(54)63)62(53)52-29-28-43(58(2,3)4)36-50(52)39-16-9-8-10-17-39;/h8-31,33-36,63H,1-7H3;/q-1;/i1D3;. The first-order valence-electron chi connectivity index (χ1n) is 23.0. The number of imidazole rings is 1. The quantitative estimate of drug-likeness (QED) is 0.133. The molecule has 0 radical (unpaired) electrons. The van der Waals surface area contributed by atoms with E-state index in [0.717, 1.165) is 88.5 Å². The summed E-state index contributed by atoms with van der Waals surface area (Å²) in [5.41, 5.74) is 12.9. The predicted molar refractivity (Wildman–Crippen MR) is 264 cm³/mol. The van der Waals surface area contributed by atoms with E-state index in [2.05, 4.69) is 143 Å². The van der Waals surface area contributed by atoms with Crippen LogP contribution in [-0.4, -0.2) is 19.6 Å². The number of aryl methyl sites for hydroxylation is 1. The second kappa shape index (κ2) is 16.5. The zero-order chi connectivity index (χ0) is 46.1. The number of para-hydroxylation sites is 1. The molecule has 10 aromatic rings. The molecule has 0 fully saturated rings. The molecule has 64 heavy (non-hydrogen) atoms. The first kappa shape index (κ1) is 39.0. The summed E-state index contributed by atoms with van der Waals surface area (Å²) >= 11 is 0. The normalized spacial score (nSPS) is 12.8. The van der Waals surface area contributed by atoms with Gasteiger partial charge in [0.2, 0.25) is 0 Å². The van der Waals surface area contributed by atoms with Crippen LogP contribution in [0, 0.1) is 12.9 Å². The Labute approximate surface area is 394 Å². The summed E-state index contributed by atoms with van der Waals surface area (Å²) in [4.78, 5) is 10.5. The van der Waals surface area contributed by atoms with Gasteiger partial charge in [-0.1, -0.05) is 186 Å². The molecule has 0 bridgehead atoms. The monoisotopic (exact) mass is 1010 g/mol. The molecule has 318 valence electrons. The molecule has 10 rings (SSSR count). The molecule has 1 N–H and O–H groups in total. The molecule has 0 aliphatic rings. The van der Waals surface area contributed by atoms with Crippen LogP contribution >= 0.6 is 0 Å². The molecule has 0 aliphatic carbocycles. The Morgan fingerprint density at radius 3 is 1.92 bits per heavy atom. The maximum Gasteiger partial charge on any atom is 0.149 e. The van der Waals surface area contributed by atoms with Gasteiger partial charge in [-0.3, -0.25) is 9.55 Å². The van der Waals surface area contributed by atoms with E-state index < -0.39 is 6.85 Å². The fraction of sp³-hybridized carbons (Fsp3) is 0.153. The number of aromatic nitrogens is 3. The third-order valence-electron chi connectivity index (χ3n) is 12.3. The van der Waals surface area contributed by atoms with E-state index in [1.807, 2.05) is 60.7 Å². The zero-order valence-corrected chi connectivity index (χ0v) is 39.0. The van der Waals surface area contributed by atoms with Crippen molar-refractivity contribution in [2.24, 2.45) is 0 Å². The third-order valence-corrected chi connectivity index (χ3v) is 12.3. The van der Waals surface area contributed by atoms with Crippen LogP contribution in [0.4, 0.5) is 0 Å². The van der Waals surface area contributed by atoms with E-state index in [0.29, 0.717) is 17.0 Å². The van der Waals surface area contributed by atoms with Gasteiger partial charge in [0.05, 0.1) is 22.3 Å². The summed E-state index contributed by atoms with van der Waals surface area (Å²) in [6.45, 7) is 11.2. The summed E-state index contributed by atoms with van der Waals surface area (Å²) in [7, 11) is 0. The van der Waals surface area contributed by atoms with E-state index in [1.54, 1.807) is 18.3 Å². The fourth-order valence-electron chi connectivity index (χ4n) is 8.83. The van der Waals surface area contributed by atoms with Crippen molar-refractivity contribution in [2.75, 3.05) is 0 Å². The smallest absolute Gasteiger partial charge is 0.149 e. The zero-order valence-electron chi connectivity index (χ0n) is 39.8. The van der Waals surface area contributed by atoms with Gasteiger partial charge in [-0.25, -0.2) is 4.98 Å². The van der Waals surface area contributed by atoms with Gasteiger partial charge in [0.1, 0.15) is 11.6 Å². The molecular formula is C59H50N3OPt-. The molecule has 0 unspecified atom stereocenters. The van der Waals surface area contributed by atoms with Crippen LogP contribution in [0.2, 0.25) is 0 Å². The van der Waals surface area contributed by atoms with Gasteiger partial charge in [0, 0.05) is 48.0 Å². The minimum absolute atomic E-state index is 0. The van der Waals surface area contributed by atoms with Gasteiger partial charge < -0.3 is 5.11 Å². The molecule has 0 saturated heterocycles. The first-order valence-corrected chi connectivity index (χ1v) is 21.5. The number of hydrogen-bond donors (Lipinski definition) is 1. The van der Waals surface area contributed by atoms with Gasteiger partial charge in [-0.05, 0) is 80.4 Å². The van der Waals surface area contributed by atoms with E-state index in [4.69, 9.17) is 14.1 Å². The molecule has 5 heteroatoms. The Bertz CT molecular complexity index is 3490. The number of phenols is 1. The number of rotatable bonds is 6. The van der Waals surface area contributed by atoms with Crippen LogP contribution in [0.15, 0.2) is 170 Å². The molecule has 2 heterocycles. The van der Waals surface area contributed by atoms with E-state index in [1.165, 1.54) is 5.56 Å². The number of fused-ring (bicyclic) bond motifs is 4. The summed E-state index contributed by atoms with van der Waals surface area (Å²) < 4.78 is 25.8. The van der Waals surface area contributed by atoms with E-state index in [9.17, 15) is 5.11 Å². The minimum atomic E-state index is -2.18. The molecule has 0 atom stereocenters. The van der Waals surface area contributed by atoms with Gasteiger partial charge in [-0.15, -0.1) is 29.3 Å². The number of nitrogens with zero attached hydrogens (tertiary/aromatic N) is 3. The number of phenolic OH excluding ortho intramolecular Hbond substituents is 1. The first-order chi connectivity index (χ1) is 31.5. The van der Waals surface area contributed by atoms with Crippen LogP contribution in [0.3, 0.4) is 0 Å². The topological polar surface area (TPSA) is 50.9 Å². The summed E-state index contributed by atoms with van der Waals surface area (Å²) in [5, 5.41) is 16.2. The average Bonchev–Trinajstić information content (AvgIpc) is 3.70. The van der Waals surface area contributed by atoms with Gasteiger partial charge in [-0.2, -0.15) is 0 Å². The summed E-state index contributed by atoms with van der Waals surface area (Å²) in [5.74, 6) is 0.807. The van der Waals surface area contributed by atoms with Crippen molar-refractivity contribution >= 4 is 32.6 Å². The van der Waals surface area contributed by atoms with Crippen molar-refractivity contribution < 1.29 is 30.3 Å². The van der Waals surface area contributed by atoms with Crippen molar-refractivity contribution in [1.82, 2.24) is 14.5 Å². The SMILES string of the molecule is [2H]C([2H])([2H])c1ccc(-c2ccnc(-c3[c-]c(-c4cccc5c4nc(-c4c(O)c6ccccc6c6ccccc46)n5-c4ccc(C(C)(C)C)cc4-c4ccccc4)cc(C(C)(C)C)c3)c2)cc1.[Pt]. The third kappa shape index (κ3) is 7.65. The average molecular weight is 1020 g/mol. The maximum absolute atomic E-state index is 12.6. The Morgan fingerprint density at radius 2 is 1.22 bits per heavy atom. The molecule has 0 saturated carbocycles. The van der Waals surface area contributed by atoms with Crippen LogP contribution < -0.4 is 0 Å². The maximum atomic E-state index is 12.6. The second-order valence-electron chi connectivity index (χ2n) is 18.6. The van der Waals surface area contributed by atoms with Gasteiger partial charge in [0.15, 0.2) is 0 Å². The van der Waals surface area contributed by atoms with Crippen molar-refractivity contribution in [3.05, 3.63) is 193 Å². The van der Waals surface area contributed by atoms with Gasteiger partial charge >= 0.3 is 0 Å². The van der Waals surface area contributed by atoms with Crippen molar-refractivity contribution in [3.8, 4) is 67.5 Å². The minimum Gasteiger partial charge on any atom is -0.507 e. The summed E-state index contributed by atoms with van der Waals surface area (Å²) in [6, 6.07) is 59.1.